The van der Waals surface area contributed by atoms with Crippen molar-refractivity contribution in [2.45, 2.75) is 72.2 Å². The maximum absolute atomic E-state index is 14.3. The highest BCUT2D eigenvalue weighted by Gasteiger charge is 2.47. The third kappa shape index (κ3) is 9.08. The Morgan fingerprint density at radius 3 is 2.33 bits per heavy atom. The first-order valence-electron chi connectivity index (χ1n) is 19.0. The highest BCUT2D eigenvalue weighted by atomic mass is 35.5. The number of quaternary nitrogens is 1. The van der Waals surface area contributed by atoms with Gasteiger partial charge in [-0.1, -0.05) is 29.8 Å². The molecule has 10 nitrogen and oxygen atoms in total. The maximum Gasteiger partial charge on any atom is 0.430 e. The van der Waals surface area contributed by atoms with E-state index in [-0.39, 0.29) is 11.8 Å². The number of nitrogens with zero attached hydrogens (tertiary/aromatic N) is 4. The maximum atomic E-state index is 14.3. The average molecular weight is 814 g/mol. The number of carboxylic acids is 1. The number of carbonyl (C=O) groups is 2. The summed E-state index contributed by atoms with van der Waals surface area (Å²) in [4.78, 5) is 25.6. The number of esters is 1. The number of ether oxygens (including phenoxy) is 2. The molecule has 0 radical (unpaired) electrons. The van der Waals surface area contributed by atoms with Crippen molar-refractivity contribution in [3.8, 4) is 16.9 Å². The molecule has 2 saturated heterocycles. The van der Waals surface area contributed by atoms with E-state index < -0.39 is 17.7 Å². The number of alkyl halides is 3. The number of nitrogens with two attached hydrogens (primary N) is 1. The molecule has 1 spiro atoms. The van der Waals surface area contributed by atoms with Gasteiger partial charge in [-0.25, -0.2) is 9.18 Å². The highest BCUT2D eigenvalue weighted by Crippen LogP contribution is 2.43. The van der Waals surface area contributed by atoms with Crippen LogP contribution in [0.4, 0.5) is 17.6 Å². The van der Waals surface area contributed by atoms with Crippen LogP contribution in [-0.4, -0.2) is 82.3 Å². The molecule has 2 fully saturated rings. The number of rotatable bonds is 10. The number of hydrogen-bond acceptors (Lipinski definition) is 7. The van der Waals surface area contributed by atoms with Crippen LogP contribution in [0.1, 0.15) is 61.1 Å². The topological polar surface area (TPSA) is 118 Å². The highest BCUT2D eigenvalue weighted by molar-refractivity contribution is 6.35. The van der Waals surface area contributed by atoms with E-state index >= 15 is 0 Å². The Bertz CT molecular complexity index is 2300. The summed E-state index contributed by atoms with van der Waals surface area (Å²) in [6.07, 6.45) is -2.69. The lowest BCUT2D eigenvalue weighted by Crippen LogP contribution is -2.83. The SMILES string of the molecule is Cc1nn(C)c(C)c1-c1c(Cl)ccc2c(CCCOc3cccc4cc(F)ccc34)c(C(=O)OC(C)(C)C)n(CCN3CC4(CC[NH2+]C4)C3)c12.O=C([O-])C(F)(F)F. The Hall–Kier alpha value is -4.66. The Labute approximate surface area is 333 Å². The number of carboxylic acid groups (broad SMARTS) is 1. The number of fused-ring (bicyclic) bond motifs is 2. The van der Waals surface area contributed by atoms with Crippen molar-refractivity contribution in [1.82, 2.24) is 19.2 Å². The van der Waals surface area contributed by atoms with Crippen molar-refractivity contribution in [2.75, 3.05) is 39.3 Å². The molecule has 57 heavy (non-hydrogen) atoms. The van der Waals surface area contributed by atoms with Crippen molar-refractivity contribution in [2.24, 2.45) is 12.5 Å². The smallest absolute Gasteiger partial charge is 0.430 e. The lowest BCUT2D eigenvalue weighted by Gasteiger charge is -2.46. The van der Waals surface area contributed by atoms with E-state index in [1.807, 2.05) is 63.7 Å². The average Bonchev–Trinajstić information content (AvgIpc) is 3.78. The van der Waals surface area contributed by atoms with Gasteiger partial charge in [0.25, 0.3) is 0 Å². The summed E-state index contributed by atoms with van der Waals surface area (Å²) in [6, 6.07) is 14.4. The molecule has 306 valence electrons. The van der Waals surface area contributed by atoms with Gasteiger partial charge >= 0.3 is 12.1 Å². The van der Waals surface area contributed by atoms with Gasteiger partial charge < -0.3 is 29.3 Å². The summed E-state index contributed by atoms with van der Waals surface area (Å²) >= 11 is 7.12. The van der Waals surface area contributed by atoms with Crippen LogP contribution in [0, 0.1) is 25.1 Å². The van der Waals surface area contributed by atoms with Gasteiger partial charge in [0.1, 0.15) is 28.8 Å². The Morgan fingerprint density at radius 1 is 1.02 bits per heavy atom. The minimum absolute atomic E-state index is 0.275. The van der Waals surface area contributed by atoms with Gasteiger partial charge in [0.2, 0.25) is 0 Å². The molecule has 4 heterocycles. The zero-order valence-electron chi connectivity index (χ0n) is 33.0. The van der Waals surface area contributed by atoms with Crippen molar-refractivity contribution in [3.63, 3.8) is 0 Å². The molecule has 2 aliphatic rings. The van der Waals surface area contributed by atoms with Crippen molar-refractivity contribution >= 4 is 45.2 Å². The van der Waals surface area contributed by atoms with E-state index in [1.54, 1.807) is 6.07 Å². The number of hydrogen-bond donors (Lipinski definition) is 1. The Balaban J connectivity index is 0.000000719. The molecular weight excluding hydrogens is 766 g/mol. The largest absolute Gasteiger partial charge is 0.542 e. The van der Waals surface area contributed by atoms with Gasteiger partial charge in [0.05, 0.1) is 41.3 Å². The van der Waals surface area contributed by atoms with E-state index in [4.69, 9.17) is 36.1 Å². The van der Waals surface area contributed by atoms with Gasteiger partial charge in [-0.2, -0.15) is 18.3 Å². The van der Waals surface area contributed by atoms with Crippen LogP contribution >= 0.6 is 11.6 Å². The fourth-order valence-electron chi connectivity index (χ4n) is 8.19. The second-order valence-corrected chi connectivity index (χ2v) is 16.5. The minimum Gasteiger partial charge on any atom is -0.542 e. The molecule has 2 aromatic heterocycles. The second-order valence-electron chi connectivity index (χ2n) is 16.1. The molecule has 0 unspecified atom stereocenters. The number of aromatic nitrogens is 3. The fraction of sp³-hybridized carbons (Fsp3) is 0.452. The van der Waals surface area contributed by atoms with Gasteiger partial charge in [-0.3, -0.25) is 9.58 Å². The predicted molar refractivity (Wildman–Crippen MR) is 208 cm³/mol. The molecule has 0 bridgehead atoms. The molecule has 0 amide bonds. The predicted octanol–water partition coefficient (Wildman–Crippen LogP) is 6.14. The fourth-order valence-corrected chi connectivity index (χ4v) is 8.44. The van der Waals surface area contributed by atoms with E-state index in [2.05, 4.69) is 27.8 Å². The van der Waals surface area contributed by atoms with Gasteiger partial charge in [-0.15, -0.1) is 0 Å². The quantitative estimate of drug-likeness (QED) is 0.102. The molecule has 2 N–H and O–H groups in total. The third-order valence-electron chi connectivity index (χ3n) is 10.7. The first kappa shape index (κ1) is 42.0. The summed E-state index contributed by atoms with van der Waals surface area (Å²) in [5.74, 6) is -2.91. The van der Waals surface area contributed by atoms with Crippen LogP contribution in [-0.2, 0) is 29.5 Å². The normalized spacial score (nSPS) is 15.5. The summed E-state index contributed by atoms with van der Waals surface area (Å²) in [5.41, 5.74) is 5.98. The first-order chi connectivity index (χ1) is 26.8. The van der Waals surface area contributed by atoms with Gasteiger partial charge in [0.15, 0.2) is 0 Å². The Morgan fingerprint density at radius 2 is 1.72 bits per heavy atom. The number of benzene rings is 3. The van der Waals surface area contributed by atoms with Crippen molar-refractivity contribution in [3.05, 3.63) is 82.0 Å². The van der Waals surface area contributed by atoms with Crippen molar-refractivity contribution < 1.29 is 47.0 Å². The standard InChI is InChI=1S/C40H47ClFN5O3.C2HF3O2/c1-25-34(26(2)45(6)44-25)35-32(41)15-14-31-30(10-8-20-49-33-11-7-9-27-21-28(42)12-13-29(27)33)37(38(48)50-39(3,4)5)47(36(31)35)19-18-46-23-40(24-46)16-17-43-22-40;3-2(4,5)1(6)7/h7,9,11-15,21,43H,8,10,16-20,22-24H2,1-6H3;(H,6,7). The molecule has 2 aliphatic heterocycles. The first-order valence-corrected chi connectivity index (χ1v) is 19.4. The molecule has 3 aromatic carbocycles. The third-order valence-corrected chi connectivity index (χ3v) is 11.0. The minimum atomic E-state index is -5.19. The van der Waals surface area contributed by atoms with Crippen LogP contribution < -0.4 is 15.2 Å². The number of likely N-dealkylation sites (tertiary alicyclic amines) is 1. The number of carbonyl (C=O) groups excluding carboxylic acids is 2. The molecular formula is C42H48ClF4N5O5. The monoisotopic (exact) mass is 813 g/mol. The summed E-state index contributed by atoms with van der Waals surface area (Å²) in [5, 5.41) is 19.2. The van der Waals surface area contributed by atoms with Crippen LogP contribution in [0.25, 0.3) is 32.8 Å². The van der Waals surface area contributed by atoms with Gasteiger partial charge in [-0.05, 0) is 88.7 Å². The van der Waals surface area contributed by atoms with Crippen LogP contribution in [0.5, 0.6) is 5.75 Å². The molecule has 0 saturated carbocycles. The van der Waals surface area contributed by atoms with E-state index in [9.17, 15) is 22.4 Å². The van der Waals surface area contributed by atoms with Gasteiger partial charge in [0, 0.05) is 67.2 Å². The lowest BCUT2D eigenvalue weighted by atomic mass is 9.79. The van der Waals surface area contributed by atoms with E-state index in [0.29, 0.717) is 47.9 Å². The zero-order chi connectivity index (χ0) is 41.4. The molecule has 5 aromatic rings. The van der Waals surface area contributed by atoms with Crippen LogP contribution in [0.15, 0.2) is 48.5 Å². The second kappa shape index (κ2) is 16.3. The lowest BCUT2D eigenvalue weighted by molar-refractivity contribution is -0.642. The van der Waals surface area contributed by atoms with E-state index in [1.165, 1.54) is 31.6 Å². The van der Waals surface area contributed by atoms with Crippen LogP contribution in [0.2, 0.25) is 5.02 Å². The number of aliphatic carboxylic acids is 1. The zero-order valence-corrected chi connectivity index (χ0v) is 33.7. The summed E-state index contributed by atoms with van der Waals surface area (Å²) < 4.78 is 61.9. The Kier molecular flexibility index (Phi) is 12.0. The van der Waals surface area contributed by atoms with E-state index in [0.717, 1.165) is 69.4 Å². The van der Waals surface area contributed by atoms with Crippen LogP contribution in [0.3, 0.4) is 0 Å². The summed E-state index contributed by atoms with van der Waals surface area (Å²) in [6.45, 7) is 16.2. The number of aryl methyl sites for hydroxylation is 3. The molecule has 15 heteroatoms. The molecule has 0 atom stereocenters. The number of halogens is 5. The molecule has 0 aliphatic carbocycles. The molecule has 7 rings (SSSR count). The summed E-state index contributed by atoms with van der Waals surface area (Å²) in [7, 11) is 1.95. The van der Waals surface area contributed by atoms with Crippen molar-refractivity contribution in [1.29, 1.82) is 0 Å².